The number of allylic oxidation sites excluding steroid dienone is 1. The van der Waals surface area contributed by atoms with Gasteiger partial charge in [0.25, 0.3) is 0 Å². The summed E-state index contributed by atoms with van der Waals surface area (Å²) in [4.78, 5) is 11.5. The Kier molecular flexibility index (Phi) is 5.00. The fourth-order valence-electron chi connectivity index (χ4n) is 1.91. The molecule has 0 aromatic carbocycles. The molecule has 0 heterocycles. The van der Waals surface area contributed by atoms with Crippen molar-refractivity contribution in [3.05, 3.63) is 12.2 Å². The van der Waals surface area contributed by atoms with E-state index < -0.39 is 5.60 Å². The lowest BCUT2D eigenvalue weighted by atomic mass is 10.0. The fourth-order valence-corrected chi connectivity index (χ4v) is 1.91. The van der Waals surface area contributed by atoms with Crippen LogP contribution >= 0.6 is 0 Å². The van der Waals surface area contributed by atoms with E-state index in [1.54, 1.807) is 0 Å². The summed E-state index contributed by atoms with van der Waals surface area (Å²) in [7, 11) is 0. The molecule has 0 aliphatic heterocycles. The quantitative estimate of drug-likeness (QED) is 0.742. The van der Waals surface area contributed by atoms with Gasteiger partial charge in [-0.3, -0.25) is 0 Å². The Morgan fingerprint density at radius 3 is 2.76 bits per heavy atom. The predicted octanol–water partition coefficient (Wildman–Crippen LogP) is 2.23. The van der Waals surface area contributed by atoms with Crippen LogP contribution in [0, 0.1) is 5.92 Å². The van der Waals surface area contributed by atoms with Crippen molar-refractivity contribution in [2.24, 2.45) is 5.92 Å². The molecule has 1 aliphatic rings. The van der Waals surface area contributed by atoms with E-state index in [0.29, 0.717) is 5.92 Å². The summed E-state index contributed by atoms with van der Waals surface area (Å²) in [6, 6.07) is 0.0635. The number of hydrogen-bond acceptors (Lipinski definition) is 3. The zero-order valence-electron chi connectivity index (χ0n) is 10.9. The maximum atomic E-state index is 11.5. The van der Waals surface area contributed by atoms with Gasteiger partial charge < -0.3 is 15.2 Å². The maximum absolute atomic E-state index is 11.5. The largest absolute Gasteiger partial charge is 0.444 e. The molecular formula is C13H23NO3. The molecule has 17 heavy (non-hydrogen) atoms. The second-order valence-corrected chi connectivity index (χ2v) is 5.50. The first kappa shape index (κ1) is 14.0. The second-order valence-electron chi connectivity index (χ2n) is 5.50. The van der Waals surface area contributed by atoms with Crippen molar-refractivity contribution in [3.63, 3.8) is 0 Å². The predicted molar refractivity (Wildman–Crippen MR) is 66.7 cm³/mol. The van der Waals surface area contributed by atoms with Crippen LogP contribution in [0.2, 0.25) is 0 Å². The first-order valence-electron chi connectivity index (χ1n) is 6.19. The molecule has 0 spiro atoms. The summed E-state index contributed by atoms with van der Waals surface area (Å²) in [5.41, 5.74) is -0.456. The lowest BCUT2D eigenvalue weighted by Crippen LogP contribution is -2.37. The lowest BCUT2D eigenvalue weighted by Gasteiger charge is -2.21. The van der Waals surface area contributed by atoms with Gasteiger partial charge in [-0.2, -0.15) is 0 Å². The van der Waals surface area contributed by atoms with Crippen LogP contribution in [0.3, 0.4) is 0 Å². The molecule has 1 amide bonds. The molecule has 0 saturated heterocycles. The van der Waals surface area contributed by atoms with Crippen LogP contribution in [0.4, 0.5) is 4.79 Å². The van der Waals surface area contributed by atoms with Gasteiger partial charge in [0.15, 0.2) is 0 Å². The third-order valence-electron chi connectivity index (χ3n) is 2.61. The molecule has 0 aromatic heterocycles. The summed E-state index contributed by atoms with van der Waals surface area (Å²) >= 11 is 0. The molecular weight excluding hydrogens is 218 g/mol. The molecule has 4 heteroatoms. The van der Waals surface area contributed by atoms with Gasteiger partial charge in [-0.05, 0) is 46.0 Å². The Morgan fingerprint density at radius 1 is 1.47 bits per heavy atom. The monoisotopic (exact) mass is 241 g/mol. The van der Waals surface area contributed by atoms with E-state index in [9.17, 15) is 4.79 Å². The van der Waals surface area contributed by atoms with Gasteiger partial charge in [0.2, 0.25) is 0 Å². The average molecular weight is 241 g/mol. The highest BCUT2D eigenvalue weighted by Crippen LogP contribution is 2.22. The van der Waals surface area contributed by atoms with Crippen molar-refractivity contribution in [2.45, 2.75) is 51.7 Å². The number of rotatable bonds is 4. The van der Waals surface area contributed by atoms with Crippen molar-refractivity contribution < 1.29 is 14.6 Å². The molecule has 2 atom stereocenters. The third-order valence-corrected chi connectivity index (χ3v) is 2.61. The molecule has 0 bridgehead atoms. The van der Waals surface area contributed by atoms with Crippen LogP contribution in [-0.4, -0.2) is 29.4 Å². The van der Waals surface area contributed by atoms with Gasteiger partial charge in [-0.15, -0.1) is 0 Å². The highest BCUT2D eigenvalue weighted by Gasteiger charge is 2.22. The SMILES string of the molecule is CC(C)(C)OC(=O)N[C@@H]1C=C[C@H](CCCO)C1. The average Bonchev–Trinajstić information content (AvgIpc) is 2.59. The van der Waals surface area contributed by atoms with Gasteiger partial charge in [-0.1, -0.05) is 12.2 Å². The highest BCUT2D eigenvalue weighted by atomic mass is 16.6. The van der Waals surface area contributed by atoms with Gasteiger partial charge in [0.1, 0.15) is 5.60 Å². The molecule has 0 aromatic rings. The smallest absolute Gasteiger partial charge is 0.408 e. The molecule has 0 saturated carbocycles. The molecule has 0 radical (unpaired) electrons. The van der Waals surface area contributed by atoms with Crippen LogP contribution in [0.15, 0.2) is 12.2 Å². The van der Waals surface area contributed by atoms with Crippen molar-refractivity contribution in [3.8, 4) is 0 Å². The number of hydrogen-bond donors (Lipinski definition) is 2. The number of ether oxygens (including phenoxy) is 1. The molecule has 1 aliphatic carbocycles. The van der Waals surface area contributed by atoms with E-state index in [1.165, 1.54) is 0 Å². The number of carbonyl (C=O) groups is 1. The molecule has 0 fully saturated rings. The van der Waals surface area contributed by atoms with E-state index >= 15 is 0 Å². The number of nitrogens with one attached hydrogen (secondary N) is 1. The fraction of sp³-hybridized carbons (Fsp3) is 0.769. The van der Waals surface area contributed by atoms with E-state index in [1.807, 2.05) is 26.8 Å². The van der Waals surface area contributed by atoms with E-state index in [4.69, 9.17) is 9.84 Å². The first-order valence-corrected chi connectivity index (χ1v) is 6.19. The normalized spacial score (nSPS) is 23.8. The standard InChI is InChI=1S/C13H23NO3/c1-13(2,3)17-12(16)14-11-7-6-10(9-11)5-4-8-15/h6-7,10-11,15H,4-5,8-9H2,1-3H3,(H,14,16)/t10-,11+/m0/s1. The minimum Gasteiger partial charge on any atom is -0.444 e. The zero-order chi connectivity index (χ0) is 12.9. The Bertz CT molecular complexity index is 281. The molecule has 4 nitrogen and oxygen atoms in total. The molecule has 1 rings (SSSR count). The number of amides is 1. The summed E-state index contributed by atoms with van der Waals surface area (Å²) < 4.78 is 5.19. The summed E-state index contributed by atoms with van der Waals surface area (Å²) in [6.45, 7) is 5.78. The van der Waals surface area contributed by atoms with Gasteiger partial charge >= 0.3 is 6.09 Å². The second kappa shape index (κ2) is 6.05. The Morgan fingerprint density at radius 2 is 2.18 bits per heavy atom. The minimum atomic E-state index is -0.456. The number of aliphatic hydroxyl groups is 1. The zero-order valence-corrected chi connectivity index (χ0v) is 10.9. The van der Waals surface area contributed by atoms with Crippen LogP contribution in [0.25, 0.3) is 0 Å². The maximum Gasteiger partial charge on any atom is 0.408 e. The number of aliphatic hydroxyl groups excluding tert-OH is 1. The molecule has 98 valence electrons. The van der Waals surface area contributed by atoms with Gasteiger partial charge in [-0.25, -0.2) is 4.79 Å². The van der Waals surface area contributed by atoms with Crippen molar-refractivity contribution >= 4 is 6.09 Å². The number of carbonyl (C=O) groups excluding carboxylic acids is 1. The van der Waals surface area contributed by atoms with Crippen molar-refractivity contribution in [2.75, 3.05) is 6.61 Å². The Labute approximate surface area is 103 Å². The van der Waals surface area contributed by atoms with Crippen LogP contribution in [0.5, 0.6) is 0 Å². The van der Waals surface area contributed by atoms with E-state index in [2.05, 4.69) is 11.4 Å². The summed E-state index contributed by atoms with van der Waals surface area (Å²) in [6.07, 6.45) is 6.44. The molecule has 2 N–H and O–H groups in total. The summed E-state index contributed by atoms with van der Waals surface area (Å²) in [5, 5.41) is 11.6. The minimum absolute atomic E-state index is 0.0635. The molecule has 0 unspecified atom stereocenters. The number of alkyl carbamates (subject to hydrolysis) is 1. The van der Waals surface area contributed by atoms with Crippen LogP contribution in [0.1, 0.15) is 40.0 Å². The summed E-state index contributed by atoms with van der Waals surface area (Å²) in [5.74, 6) is 0.460. The van der Waals surface area contributed by atoms with Crippen LogP contribution < -0.4 is 5.32 Å². The Hall–Kier alpha value is -1.03. The first-order chi connectivity index (χ1) is 7.90. The lowest BCUT2D eigenvalue weighted by molar-refractivity contribution is 0.0512. The third kappa shape index (κ3) is 5.73. The topological polar surface area (TPSA) is 58.6 Å². The van der Waals surface area contributed by atoms with Crippen molar-refractivity contribution in [1.82, 2.24) is 5.32 Å². The van der Waals surface area contributed by atoms with E-state index in [0.717, 1.165) is 19.3 Å². The Balaban J connectivity index is 2.26. The van der Waals surface area contributed by atoms with Gasteiger partial charge in [0, 0.05) is 6.61 Å². The van der Waals surface area contributed by atoms with Crippen molar-refractivity contribution in [1.29, 1.82) is 0 Å². The highest BCUT2D eigenvalue weighted by molar-refractivity contribution is 5.68. The van der Waals surface area contributed by atoms with Gasteiger partial charge in [0.05, 0.1) is 6.04 Å². The van der Waals surface area contributed by atoms with Crippen LogP contribution in [-0.2, 0) is 4.74 Å². The van der Waals surface area contributed by atoms with E-state index in [-0.39, 0.29) is 18.7 Å².